The number of rotatable bonds is 10. The highest BCUT2D eigenvalue weighted by Crippen LogP contribution is 2.23. The van der Waals surface area contributed by atoms with Gasteiger partial charge in [-0.05, 0) is 36.9 Å². The van der Waals surface area contributed by atoms with Crippen molar-refractivity contribution in [3.8, 4) is 10.8 Å². The molecule has 0 amide bonds. The van der Waals surface area contributed by atoms with Gasteiger partial charge in [0, 0.05) is 19.7 Å². The Hall–Kier alpha value is -2.58. The number of furan rings is 1. The first-order valence-electron chi connectivity index (χ1n) is 8.95. The molecule has 3 aromatic heterocycles. The number of aromatic nitrogens is 1. The molecule has 0 aliphatic heterocycles. The molecule has 0 aromatic carbocycles. The molecule has 0 fully saturated rings. The summed E-state index contributed by atoms with van der Waals surface area (Å²) in [5.41, 5.74) is 0.803. The summed E-state index contributed by atoms with van der Waals surface area (Å²) in [4.78, 5) is 10.1. The van der Waals surface area contributed by atoms with Gasteiger partial charge in [-0.1, -0.05) is 6.07 Å². The van der Waals surface area contributed by atoms with Gasteiger partial charge in [-0.25, -0.2) is 9.98 Å². The standard InChI is InChI=1S/C19H24N4O3S/c1-2-20-19(21-8-5-9-24-14-16-6-3-10-25-16)22-12-15-13-26-18(23-15)17-7-4-11-27-17/h3-4,6-7,10-11,13H,2,5,8-9,12,14H2,1H3,(H2,20,21,22). The molecule has 3 heterocycles. The van der Waals surface area contributed by atoms with Crippen LogP contribution in [0.4, 0.5) is 0 Å². The van der Waals surface area contributed by atoms with Gasteiger partial charge in [0.05, 0.1) is 17.7 Å². The summed E-state index contributed by atoms with van der Waals surface area (Å²) in [7, 11) is 0. The maximum atomic E-state index is 5.57. The summed E-state index contributed by atoms with van der Waals surface area (Å²) >= 11 is 1.60. The predicted octanol–water partition coefficient (Wildman–Crippen LogP) is 3.66. The Labute approximate surface area is 162 Å². The van der Waals surface area contributed by atoms with Crippen molar-refractivity contribution < 1.29 is 13.6 Å². The van der Waals surface area contributed by atoms with Crippen molar-refractivity contribution in [3.05, 3.63) is 53.6 Å². The van der Waals surface area contributed by atoms with Crippen LogP contribution in [-0.2, 0) is 17.9 Å². The number of thiophene rings is 1. The zero-order chi connectivity index (χ0) is 18.7. The summed E-state index contributed by atoms with van der Waals surface area (Å²) in [6.07, 6.45) is 4.18. The van der Waals surface area contributed by atoms with Gasteiger partial charge in [0.25, 0.3) is 0 Å². The molecule has 0 aliphatic carbocycles. The monoisotopic (exact) mass is 388 g/mol. The number of nitrogens with zero attached hydrogens (tertiary/aromatic N) is 2. The highest BCUT2D eigenvalue weighted by atomic mass is 32.1. The van der Waals surface area contributed by atoms with E-state index >= 15 is 0 Å². The molecule has 144 valence electrons. The molecule has 0 aliphatic rings. The van der Waals surface area contributed by atoms with Crippen LogP contribution in [0.3, 0.4) is 0 Å². The molecule has 7 nitrogen and oxygen atoms in total. The fraction of sp³-hybridized carbons (Fsp3) is 0.368. The summed E-state index contributed by atoms with van der Waals surface area (Å²) < 4.78 is 16.3. The van der Waals surface area contributed by atoms with E-state index in [9.17, 15) is 0 Å². The number of ether oxygens (including phenoxy) is 1. The van der Waals surface area contributed by atoms with Gasteiger partial charge in [-0.3, -0.25) is 0 Å². The quantitative estimate of drug-likeness (QED) is 0.313. The Balaban J connectivity index is 1.39. The lowest BCUT2D eigenvalue weighted by atomic mass is 10.4. The Morgan fingerprint density at radius 1 is 1.26 bits per heavy atom. The molecule has 0 saturated carbocycles. The maximum Gasteiger partial charge on any atom is 0.236 e. The number of guanidine groups is 1. The van der Waals surface area contributed by atoms with Crippen LogP contribution < -0.4 is 10.6 Å². The molecule has 0 radical (unpaired) electrons. The van der Waals surface area contributed by atoms with Gasteiger partial charge in [0.15, 0.2) is 5.96 Å². The zero-order valence-corrected chi connectivity index (χ0v) is 16.1. The average Bonchev–Trinajstić information content (AvgIpc) is 3.44. The molecule has 27 heavy (non-hydrogen) atoms. The second-order valence-corrected chi connectivity index (χ2v) is 6.68. The highest BCUT2D eigenvalue weighted by molar-refractivity contribution is 7.13. The number of oxazole rings is 1. The summed E-state index contributed by atoms with van der Waals surface area (Å²) in [5, 5.41) is 8.53. The van der Waals surface area contributed by atoms with Gasteiger partial charge in [-0.15, -0.1) is 11.3 Å². The first-order valence-corrected chi connectivity index (χ1v) is 9.83. The van der Waals surface area contributed by atoms with Crippen molar-refractivity contribution in [1.29, 1.82) is 0 Å². The van der Waals surface area contributed by atoms with E-state index in [0.717, 1.165) is 41.8 Å². The molecule has 0 spiro atoms. The van der Waals surface area contributed by atoms with Crippen LogP contribution in [0, 0.1) is 0 Å². The maximum absolute atomic E-state index is 5.57. The van der Waals surface area contributed by atoms with Crippen molar-refractivity contribution in [1.82, 2.24) is 15.6 Å². The van der Waals surface area contributed by atoms with Crippen LogP contribution in [0.25, 0.3) is 10.8 Å². The van der Waals surface area contributed by atoms with E-state index in [0.29, 0.717) is 25.6 Å². The van der Waals surface area contributed by atoms with Crippen molar-refractivity contribution >= 4 is 17.3 Å². The number of nitrogens with one attached hydrogen (secondary N) is 2. The SMILES string of the molecule is CCNC(=NCc1coc(-c2cccs2)n1)NCCCOCc1ccco1. The van der Waals surface area contributed by atoms with Crippen LogP contribution in [0.5, 0.6) is 0 Å². The van der Waals surface area contributed by atoms with Crippen LogP contribution >= 0.6 is 11.3 Å². The lowest BCUT2D eigenvalue weighted by molar-refractivity contribution is 0.105. The normalized spacial score (nSPS) is 11.7. The second-order valence-electron chi connectivity index (χ2n) is 5.73. The van der Waals surface area contributed by atoms with E-state index in [4.69, 9.17) is 13.6 Å². The predicted molar refractivity (Wildman–Crippen MR) is 106 cm³/mol. The largest absolute Gasteiger partial charge is 0.467 e. The average molecular weight is 388 g/mol. The van der Waals surface area contributed by atoms with Crippen molar-refractivity contribution in [3.63, 3.8) is 0 Å². The van der Waals surface area contributed by atoms with Crippen LogP contribution in [0.1, 0.15) is 24.8 Å². The third kappa shape index (κ3) is 6.26. The van der Waals surface area contributed by atoms with E-state index in [2.05, 4.69) is 20.6 Å². The third-order valence-corrected chi connectivity index (χ3v) is 4.47. The van der Waals surface area contributed by atoms with E-state index in [1.54, 1.807) is 23.9 Å². The van der Waals surface area contributed by atoms with E-state index in [1.807, 2.05) is 36.6 Å². The fourth-order valence-corrected chi connectivity index (χ4v) is 3.00. The molecule has 8 heteroatoms. The molecular weight excluding hydrogens is 364 g/mol. The number of aliphatic imine (C=N–C) groups is 1. The Morgan fingerprint density at radius 2 is 2.22 bits per heavy atom. The van der Waals surface area contributed by atoms with Gasteiger partial charge < -0.3 is 24.2 Å². The first-order chi connectivity index (χ1) is 13.3. The molecule has 0 atom stereocenters. The lowest BCUT2D eigenvalue weighted by Gasteiger charge is -2.10. The van der Waals surface area contributed by atoms with Crippen LogP contribution in [0.2, 0.25) is 0 Å². The zero-order valence-electron chi connectivity index (χ0n) is 15.3. The van der Waals surface area contributed by atoms with Crippen molar-refractivity contribution in [2.75, 3.05) is 19.7 Å². The molecule has 3 rings (SSSR count). The van der Waals surface area contributed by atoms with Gasteiger partial charge >= 0.3 is 0 Å². The smallest absolute Gasteiger partial charge is 0.236 e. The molecule has 0 saturated heterocycles. The summed E-state index contributed by atoms with van der Waals surface area (Å²) in [6, 6.07) is 7.73. The summed E-state index contributed by atoms with van der Waals surface area (Å²) in [6.45, 7) is 5.21. The fourth-order valence-electron chi connectivity index (χ4n) is 2.34. The lowest BCUT2D eigenvalue weighted by Crippen LogP contribution is -2.38. The Morgan fingerprint density at radius 3 is 3.00 bits per heavy atom. The minimum absolute atomic E-state index is 0.458. The minimum atomic E-state index is 0.458. The number of hydrogen-bond donors (Lipinski definition) is 2. The highest BCUT2D eigenvalue weighted by Gasteiger charge is 2.07. The summed E-state index contributed by atoms with van der Waals surface area (Å²) in [5.74, 6) is 2.23. The van der Waals surface area contributed by atoms with Gasteiger partial charge in [0.2, 0.25) is 5.89 Å². The third-order valence-electron chi connectivity index (χ3n) is 3.61. The van der Waals surface area contributed by atoms with Crippen molar-refractivity contribution in [2.45, 2.75) is 26.5 Å². The van der Waals surface area contributed by atoms with E-state index < -0.39 is 0 Å². The van der Waals surface area contributed by atoms with Gasteiger partial charge in [-0.2, -0.15) is 0 Å². The Bertz CT molecular complexity index is 797. The van der Waals surface area contributed by atoms with Crippen LogP contribution in [-0.4, -0.2) is 30.6 Å². The van der Waals surface area contributed by atoms with E-state index in [-0.39, 0.29) is 0 Å². The minimum Gasteiger partial charge on any atom is -0.467 e. The molecule has 2 N–H and O–H groups in total. The molecule has 3 aromatic rings. The van der Waals surface area contributed by atoms with E-state index in [1.165, 1.54) is 0 Å². The second kappa shape index (κ2) is 10.5. The van der Waals surface area contributed by atoms with Crippen molar-refractivity contribution in [2.24, 2.45) is 4.99 Å². The van der Waals surface area contributed by atoms with Gasteiger partial charge in [0.1, 0.15) is 24.3 Å². The first kappa shape index (κ1) is 19.2. The number of hydrogen-bond acceptors (Lipinski definition) is 6. The van der Waals surface area contributed by atoms with Crippen LogP contribution in [0.15, 0.2) is 56.0 Å². The molecule has 0 bridgehead atoms. The molecular formula is C19H24N4O3S. The topological polar surface area (TPSA) is 84.8 Å². The Kier molecular flexibility index (Phi) is 7.49. The molecule has 0 unspecified atom stereocenters.